The molecule has 0 unspecified atom stereocenters. The minimum atomic E-state index is -0.515. The molecule has 2 fully saturated rings. The van der Waals surface area contributed by atoms with Gasteiger partial charge in [-0.15, -0.1) is 0 Å². The Labute approximate surface area is 141 Å². The van der Waals surface area contributed by atoms with Crippen molar-refractivity contribution >= 4 is 12.0 Å². The van der Waals surface area contributed by atoms with Gasteiger partial charge < -0.3 is 9.47 Å². The molecule has 7 nitrogen and oxygen atoms in total. The molecule has 2 amide bonds. The van der Waals surface area contributed by atoms with Crippen molar-refractivity contribution in [3.05, 3.63) is 35.9 Å². The first kappa shape index (κ1) is 16.7. The van der Waals surface area contributed by atoms with E-state index in [4.69, 9.17) is 9.47 Å². The average Bonchev–Trinajstić information content (AvgIpc) is 2.86. The fraction of sp³-hybridized carbons (Fsp3) is 0.529. The van der Waals surface area contributed by atoms with Crippen LogP contribution in [0.4, 0.5) is 4.79 Å². The van der Waals surface area contributed by atoms with Gasteiger partial charge in [-0.2, -0.15) is 0 Å². The van der Waals surface area contributed by atoms with Crippen LogP contribution in [0, 0.1) is 0 Å². The Kier molecular flexibility index (Phi) is 5.01. The number of carbonyl (C=O) groups excluding carboxylic acids is 2. The Balaban J connectivity index is 1.53. The molecule has 2 aliphatic rings. The molecule has 2 heterocycles. The molecular formula is C17H23N3O4. The number of hydrazine groups is 1. The second-order valence-corrected chi connectivity index (χ2v) is 6.40. The first-order valence-corrected chi connectivity index (χ1v) is 8.23. The summed E-state index contributed by atoms with van der Waals surface area (Å²) in [5.41, 5.74) is 3.11. The van der Waals surface area contributed by atoms with Crippen molar-refractivity contribution in [3.8, 4) is 0 Å². The summed E-state index contributed by atoms with van der Waals surface area (Å²) < 4.78 is 11.1. The highest BCUT2D eigenvalue weighted by molar-refractivity contribution is 5.95. The van der Waals surface area contributed by atoms with Gasteiger partial charge in [-0.05, 0) is 26.0 Å². The predicted octanol–water partition coefficient (Wildman–Crippen LogP) is 1.26. The summed E-state index contributed by atoms with van der Waals surface area (Å²) in [6, 6.07) is 8.79. The molecule has 2 aliphatic heterocycles. The Morgan fingerprint density at radius 2 is 1.83 bits per heavy atom. The van der Waals surface area contributed by atoms with Crippen molar-refractivity contribution in [1.29, 1.82) is 0 Å². The van der Waals surface area contributed by atoms with Crippen LogP contribution < -0.4 is 5.43 Å². The van der Waals surface area contributed by atoms with E-state index < -0.39 is 6.09 Å². The molecule has 0 bridgehead atoms. The normalized spacial score (nSPS) is 27.8. The van der Waals surface area contributed by atoms with Crippen LogP contribution >= 0.6 is 0 Å². The van der Waals surface area contributed by atoms with E-state index in [2.05, 4.69) is 10.3 Å². The number of benzene rings is 1. The molecule has 3 rings (SSSR count). The Hall–Kier alpha value is -2.12. The first-order valence-electron chi connectivity index (χ1n) is 8.23. The number of hydrogen-bond acceptors (Lipinski definition) is 5. The quantitative estimate of drug-likeness (QED) is 0.898. The third kappa shape index (κ3) is 4.04. The maximum atomic E-state index is 12.1. The van der Waals surface area contributed by atoms with Gasteiger partial charge >= 0.3 is 6.09 Å². The fourth-order valence-corrected chi connectivity index (χ4v) is 3.21. The summed E-state index contributed by atoms with van der Waals surface area (Å²) in [5.74, 6) is -0.318. The highest BCUT2D eigenvalue weighted by Crippen LogP contribution is 2.15. The maximum Gasteiger partial charge on any atom is 0.429 e. The Morgan fingerprint density at radius 1 is 1.17 bits per heavy atom. The molecule has 0 spiro atoms. The first-order chi connectivity index (χ1) is 11.5. The Bertz CT molecular complexity index is 585. The second kappa shape index (κ2) is 7.19. The monoisotopic (exact) mass is 333 g/mol. The van der Waals surface area contributed by atoms with E-state index in [0.29, 0.717) is 18.7 Å². The Morgan fingerprint density at radius 3 is 2.50 bits per heavy atom. The largest absolute Gasteiger partial charge is 0.442 e. The molecule has 7 heteroatoms. The van der Waals surface area contributed by atoms with Crippen LogP contribution in [0.3, 0.4) is 0 Å². The van der Waals surface area contributed by atoms with Gasteiger partial charge in [-0.25, -0.2) is 9.80 Å². The average molecular weight is 333 g/mol. The van der Waals surface area contributed by atoms with Gasteiger partial charge in [0, 0.05) is 25.2 Å². The summed E-state index contributed by atoms with van der Waals surface area (Å²) in [4.78, 5) is 26.3. The zero-order valence-corrected chi connectivity index (χ0v) is 14.0. The molecule has 0 aliphatic carbocycles. The van der Waals surface area contributed by atoms with E-state index in [-0.39, 0.29) is 24.2 Å². The molecular weight excluding hydrogens is 310 g/mol. The number of ether oxygens (including phenoxy) is 2. The van der Waals surface area contributed by atoms with Crippen LogP contribution in [-0.2, 0) is 9.47 Å². The van der Waals surface area contributed by atoms with Gasteiger partial charge in [0.15, 0.2) is 0 Å². The topological polar surface area (TPSA) is 71.1 Å². The van der Waals surface area contributed by atoms with Crippen molar-refractivity contribution in [3.63, 3.8) is 0 Å². The van der Waals surface area contributed by atoms with Gasteiger partial charge in [0.05, 0.1) is 18.8 Å². The number of carbonyl (C=O) groups is 2. The lowest BCUT2D eigenvalue weighted by atomic mass is 10.2. The third-order valence-corrected chi connectivity index (χ3v) is 4.10. The molecule has 0 radical (unpaired) electrons. The minimum absolute atomic E-state index is 0.166. The highest BCUT2D eigenvalue weighted by Gasteiger charge is 2.35. The molecule has 1 N–H and O–H groups in total. The second-order valence-electron chi connectivity index (χ2n) is 6.40. The predicted molar refractivity (Wildman–Crippen MR) is 87.3 cm³/mol. The smallest absolute Gasteiger partial charge is 0.429 e. The zero-order valence-electron chi connectivity index (χ0n) is 14.0. The number of cyclic esters (lactones) is 1. The lowest BCUT2D eigenvalue weighted by molar-refractivity contribution is -0.0746. The summed E-state index contributed by atoms with van der Waals surface area (Å²) in [6.45, 7) is 6.69. The highest BCUT2D eigenvalue weighted by atomic mass is 16.6. The summed E-state index contributed by atoms with van der Waals surface area (Å²) in [7, 11) is 0. The maximum absolute atomic E-state index is 12.1. The van der Waals surface area contributed by atoms with Crippen molar-refractivity contribution in [2.24, 2.45) is 0 Å². The molecule has 0 aromatic heterocycles. The van der Waals surface area contributed by atoms with Gasteiger partial charge in [-0.1, -0.05) is 18.2 Å². The van der Waals surface area contributed by atoms with Crippen molar-refractivity contribution in [1.82, 2.24) is 15.3 Å². The van der Waals surface area contributed by atoms with Crippen LogP contribution in [0.5, 0.6) is 0 Å². The molecule has 24 heavy (non-hydrogen) atoms. The molecule has 1 aromatic carbocycles. The molecule has 0 saturated carbocycles. The lowest BCUT2D eigenvalue weighted by Crippen LogP contribution is -2.49. The van der Waals surface area contributed by atoms with E-state index in [0.717, 1.165) is 13.1 Å². The molecule has 130 valence electrons. The van der Waals surface area contributed by atoms with E-state index in [1.54, 1.807) is 24.3 Å². The lowest BCUT2D eigenvalue weighted by Gasteiger charge is -2.36. The van der Waals surface area contributed by atoms with Crippen molar-refractivity contribution in [2.75, 3.05) is 26.2 Å². The third-order valence-electron chi connectivity index (χ3n) is 4.10. The number of amides is 2. The number of nitrogens with one attached hydrogen (secondary N) is 1. The van der Waals surface area contributed by atoms with Crippen LogP contribution in [0.2, 0.25) is 0 Å². The van der Waals surface area contributed by atoms with Crippen LogP contribution in [0.25, 0.3) is 0 Å². The van der Waals surface area contributed by atoms with Crippen LogP contribution in [0.15, 0.2) is 30.3 Å². The number of morpholine rings is 1. The van der Waals surface area contributed by atoms with Gasteiger partial charge in [0.1, 0.15) is 6.10 Å². The van der Waals surface area contributed by atoms with E-state index in [1.165, 1.54) is 5.01 Å². The van der Waals surface area contributed by atoms with Gasteiger partial charge in [-0.3, -0.25) is 15.1 Å². The summed E-state index contributed by atoms with van der Waals surface area (Å²) in [5, 5.41) is 1.24. The fourth-order valence-electron chi connectivity index (χ4n) is 3.21. The number of hydrogen-bond donors (Lipinski definition) is 1. The molecule has 3 atom stereocenters. The molecule has 2 saturated heterocycles. The summed E-state index contributed by atoms with van der Waals surface area (Å²) in [6.07, 6.45) is -0.441. The minimum Gasteiger partial charge on any atom is -0.442 e. The van der Waals surface area contributed by atoms with Crippen molar-refractivity contribution < 1.29 is 19.1 Å². The molecule has 1 aromatic rings. The SMILES string of the molecule is C[C@@H]1CN(C[C@H]2CN(NC(=O)c3ccccc3)C(=O)O2)C[C@H](C)O1. The van der Waals surface area contributed by atoms with Crippen LogP contribution in [-0.4, -0.2) is 66.4 Å². The zero-order chi connectivity index (χ0) is 17.1. The van der Waals surface area contributed by atoms with Gasteiger partial charge in [0.2, 0.25) is 0 Å². The van der Waals surface area contributed by atoms with E-state index in [9.17, 15) is 9.59 Å². The number of nitrogens with zero attached hydrogens (tertiary/aromatic N) is 2. The van der Waals surface area contributed by atoms with E-state index in [1.807, 2.05) is 19.9 Å². The summed E-state index contributed by atoms with van der Waals surface area (Å²) >= 11 is 0. The standard InChI is InChI=1S/C17H23N3O4/c1-12-8-19(9-13(2)23-12)10-15-11-20(17(22)24-15)18-16(21)14-6-4-3-5-7-14/h3-7,12-13,15H,8-11H2,1-2H3,(H,18,21)/t12-,13+,15-/m0/s1. The van der Waals surface area contributed by atoms with Gasteiger partial charge in [0.25, 0.3) is 5.91 Å². The van der Waals surface area contributed by atoms with Crippen molar-refractivity contribution in [2.45, 2.75) is 32.2 Å². The number of rotatable bonds is 4. The van der Waals surface area contributed by atoms with E-state index >= 15 is 0 Å². The van der Waals surface area contributed by atoms with Crippen LogP contribution in [0.1, 0.15) is 24.2 Å².